The van der Waals surface area contributed by atoms with Crippen molar-refractivity contribution in [1.29, 1.82) is 0 Å². The number of hydrogen-bond donors (Lipinski definition) is 1. The smallest absolute Gasteiger partial charge is 0.244 e. The van der Waals surface area contributed by atoms with Gasteiger partial charge in [0.2, 0.25) is 21.8 Å². The van der Waals surface area contributed by atoms with Gasteiger partial charge in [0, 0.05) is 13.1 Å². The molecule has 0 aliphatic rings. The number of carbonyl (C=O) groups is 2. The van der Waals surface area contributed by atoms with Crippen LogP contribution in [0.1, 0.15) is 31.4 Å². The Balaban J connectivity index is 2.42. The molecule has 0 saturated heterocycles. The minimum atomic E-state index is -3.82. The lowest BCUT2D eigenvalue weighted by atomic mass is 10.1. The maximum atomic E-state index is 13.5. The Morgan fingerprint density at radius 1 is 1.12 bits per heavy atom. The van der Waals surface area contributed by atoms with Crippen LogP contribution in [0.4, 0.5) is 5.69 Å². The Morgan fingerprint density at radius 3 is 2.36 bits per heavy atom. The van der Waals surface area contributed by atoms with E-state index in [-0.39, 0.29) is 18.1 Å². The zero-order chi connectivity index (χ0) is 24.6. The number of ether oxygens (including phenoxy) is 1. The van der Waals surface area contributed by atoms with E-state index in [0.717, 1.165) is 28.1 Å². The van der Waals surface area contributed by atoms with E-state index in [0.29, 0.717) is 12.3 Å². The molecule has 0 fully saturated rings. The quantitative estimate of drug-likeness (QED) is 0.539. The molecule has 180 valence electrons. The van der Waals surface area contributed by atoms with Gasteiger partial charge in [0.25, 0.3) is 0 Å². The molecule has 0 aliphatic carbocycles. The maximum absolute atomic E-state index is 13.5. The third kappa shape index (κ3) is 7.21. The second-order valence-corrected chi connectivity index (χ2v) is 9.83. The molecule has 0 spiro atoms. The summed E-state index contributed by atoms with van der Waals surface area (Å²) in [7, 11) is -2.38. The Hall–Kier alpha value is -3.07. The molecule has 0 radical (unpaired) electrons. The van der Waals surface area contributed by atoms with Crippen molar-refractivity contribution >= 4 is 27.5 Å². The third-order valence-electron chi connectivity index (χ3n) is 5.19. The molecule has 0 aromatic heterocycles. The summed E-state index contributed by atoms with van der Waals surface area (Å²) >= 11 is 0. The number of hydrogen-bond acceptors (Lipinski definition) is 5. The molecular formula is C24H33N3O5S. The van der Waals surface area contributed by atoms with Gasteiger partial charge in [-0.15, -0.1) is 0 Å². The van der Waals surface area contributed by atoms with Gasteiger partial charge in [0.05, 0.1) is 19.1 Å². The molecule has 1 atom stereocenters. The number of amides is 2. The first-order valence-electron chi connectivity index (χ1n) is 10.8. The van der Waals surface area contributed by atoms with Crippen LogP contribution in [0.2, 0.25) is 0 Å². The molecule has 1 unspecified atom stereocenters. The molecule has 0 heterocycles. The number of methoxy groups -OCH3 is 1. The molecule has 33 heavy (non-hydrogen) atoms. The monoisotopic (exact) mass is 475 g/mol. The Labute approximate surface area is 196 Å². The summed E-state index contributed by atoms with van der Waals surface area (Å²) in [5.41, 5.74) is 1.93. The standard InChI is InChI=1S/C24H33N3O5S/c1-6-14-25-24(29)19(3)26(16-20-10-8-7-9-11-20)23(28)17-27(33(5,30)31)21-15-18(2)12-13-22(21)32-4/h7-13,15,19H,6,14,16-17H2,1-5H3,(H,25,29). The van der Waals surface area contributed by atoms with Crippen molar-refractivity contribution in [3.63, 3.8) is 0 Å². The average Bonchev–Trinajstić information content (AvgIpc) is 2.78. The van der Waals surface area contributed by atoms with Gasteiger partial charge in [-0.3, -0.25) is 13.9 Å². The first-order chi connectivity index (χ1) is 15.6. The lowest BCUT2D eigenvalue weighted by Crippen LogP contribution is -2.51. The van der Waals surface area contributed by atoms with Crippen molar-refractivity contribution in [1.82, 2.24) is 10.2 Å². The fourth-order valence-corrected chi connectivity index (χ4v) is 4.19. The van der Waals surface area contributed by atoms with E-state index in [4.69, 9.17) is 4.74 Å². The highest BCUT2D eigenvalue weighted by Gasteiger charge is 2.31. The number of benzene rings is 2. The summed E-state index contributed by atoms with van der Waals surface area (Å²) in [5, 5.41) is 2.81. The molecule has 0 aliphatic heterocycles. The first kappa shape index (κ1) is 26.2. The molecule has 2 aromatic carbocycles. The second kappa shape index (κ2) is 11.7. The van der Waals surface area contributed by atoms with Gasteiger partial charge in [-0.25, -0.2) is 8.42 Å². The molecular weight excluding hydrogens is 442 g/mol. The van der Waals surface area contributed by atoms with E-state index in [2.05, 4.69) is 5.32 Å². The number of sulfonamides is 1. The van der Waals surface area contributed by atoms with Crippen LogP contribution in [0.15, 0.2) is 48.5 Å². The normalized spacial score (nSPS) is 12.0. The number of nitrogens with one attached hydrogen (secondary N) is 1. The fourth-order valence-electron chi connectivity index (χ4n) is 3.35. The van der Waals surface area contributed by atoms with Crippen LogP contribution in [0.5, 0.6) is 5.75 Å². The Kier molecular flexibility index (Phi) is 9.28. The van der Waals surface area contributed by atoms with E-state index in [1.54, 1.807) is 25.1 Å². The van der Waals surface area contributed by atoms with Crippen molar-refractivity contribution < 1.29 is 22.7 Å². The van der Waals surface area contributed by atoms with Crippen LogP contribution in [0.3, 0.4) is 0 Å². The van der Waals surface area contributed by atoms with E-state index < -0.39 is 28.5 Å². The summed E-state index contributed by atoms with van der Waals surface area (Å²) < 4.78 is 31.8. The summed E-state index contributed by atoms with van der Waals surface area (Å²) in [5.74, 6) is -0.450. The van der Waals surface area contributed by atoms with Gasteiger partial charge in [0.1, 0.15) is 18.3 Å². The van der Waals surface area contributed by atoms with Gasteiger partial charge >= 0.3 is 0 Å². The van der Waals surface area contributed by atoms with Gasteiger partial charge in [0.15, 0.2) is 0 Å². The minimum absolute atomic E-state index is 0.170. The summed E-state index contributed by atoms with van der Waals surface area (Å²) in [6.07, 6.45) is 1.81. The van der Waals surface area contributed by atoms with Crippen LogP contribution in [0.25, 0.3) is 0 Å². The zero-order valence-electron chi connectivity index (χ0n) is 19.9. The highest BCUT2D eigenvalue weighted by Crippen LogP contribution is 2.31. The van der Waals surface area contributed by atoms with E-state index in [1.807, 2.05) is 44.2 Å². The van der Waals surface area contributed by atoms with Crippen LogP contribution >= 0.6 is 0 Å². The molecule has 9 heteroatoms. The molecule has 8 nitrogen and oxygen atoms in total. The van der Waals surface area contributed by atoms with E-state index in [1.165, 1.54) is 12.0 Å². The predicted molar refractivity (Wildman–Crippen MR) is 130 cm³/mol. The van der Waals surface area contributed by atoms with Gasteiger partial charge in [-0.05, 0) is 43.5 Å². The predicted octanol–water partition coefficient (Wildman–Crippen LogP) is 2.71. The molecule has 2 amide bonds. The minimum Gasteiger partial charge on any atom is -0.495 e. The Bertz CT molecular complexity index is 1060. The van der Waals surface area contributed by atoms with Gasteiger partial charge in [-0.2, -0.15) is 0 Å². The lowest BCUT2D eigenvalue weighted by Gasteiger charge is -2.32. The number of anilines is 1. The number of carbonyl (C=O) groups excluding carboxylic acids is 2. The SMILES string of the molecule is CCCNC(=O)C(C)N(Cc1ccccc1)C(=O)CN(c1cc(C)ccc1OC)S(C)(=O)=O. The molecule has 2 rings (SSSR count). The number of nitrogens with zero attached hydrogens (tertiary/aromatic N) is 2. The highest BCUT2D eigenvalue weighted by molar-refractivity contribution is 7.92. The highest BCUT2D eigenvalue weighted by atomic mass is 32.2. The van der Waals surface area contributed by atoms with E-state index >= 15 is 0 Å². The summed E-state index contributed by atoms with van der Waals surface area (Å²) in [4.78, 5) is 27.6. The maximum Gasteiger partial charge on any atom is 0.244 e. The Morgan fingerprint density at radius 2 is 1.79 bits per heavy atom. The molecule has 0 bridgehead atoms. The van der Waals surface area contributed by atoms with Crippen molar-refractivity contribution in [2.24, 2.45) is 0 Å². The van der Waals surface area contributed by atoms with Crippen LogP contribution < -0.4 is 14.4 Å². The third-order valence-corrected chi connectivity index (χ3v) is 6.32. The van der Waals surface area contributed by atoms with Crippen LogP contribution in [-0.2, 0) is 26.2 Å². The zero-order valence-corrected chi connectivity index (χ0v) is 20.7. The average molecular weight is 476 g/mol. The molecule has 2 aromatic rings. The summed E-state index contributed by atoms with van der Waals surface area (Å²) in [6, 6.07) is 13.6. The van der Waals surface area contributed by atoms with Crippen molar-refractivity contribution in [2.75, 3.05) is 30.8 Å². The van der Waals surface area contributed by atoms with E-state index in [9.17, 15) is 18.0 Å². The van der Waals surface area contributed by atoms with Crippen LogP contribution in [0, 0.1) is 6.92 Å². The first-order valence-corrected chi connectivity index (χ1v) is 12.7. The lowest BCUT2D eigenvalue weighted by molar-refractivity contribution is -0.139. The number of aryl methyl sites for hydroxylation is 1. The summed E-state index contributed by atoms with van der Waals surface area (Å²) in [6.45, 7) is 5.61. The number of rotatable bonds is 11. The van der Waals surface area contributed by atoms with Crippen molar-refractivity contribution in [3.05, 3.63) is 59.7 Å². The van der Waals surface area contributed by atoms with Crippen LogP contribution in [-0.4, -0.2) is 57.6 Å². The molecule has 0 saturated carbocycles. The molecule has 1 N–H and O–H groups in total. The fraction of sp³-hybridized carbons (Fsp3) is 0.417. The van der Waals surface area contributed by atoms with Crippen molar-refractivity contribution in [2.45, 2.75) is 39.8 Å². The topological polar surface area (TPSA) is 96.0 Å². The van der Waals surface area contributed by atoms with Crippen molar-refractivity contribution in [3.8, 4) is 5.75 Å². The second-order valence-electron chi connectivity index (χ2n) is 7.92. The van der Waals surface area contributed by atoms with Gasteiger partial charge < -0.3 is 15.0 Å². The largest absolute Gasteiger partial charge is 0.495 e. The van der Waals surface area contributed by atoms with Gasteiger partial charge in [-0.1, -0.05) is 43.3 Å².